The molecule has 0 spiro atoms. The van der Waals surface area contributed by atoms with Gasteiger partial charge in [-0.1, -0.05) is 11.2 Å². The lowest BCUT2D eigenvalue weighted by Gasteiger charge is -2.13. The Morgan fingerprint density at radius 2 is 2.18 bits per heavy atom. The summed E-state index contributed by atoms with van der Waals surface area (Å²) in [5, 5.41) is 7.72. The van der Waals surface area contributed by atoms with Gasteiger partial charge in [0.25, 0.3) is 0 Å². The van der Waals surface area contributed by atoms with Gasteiger partial charge in [0, 0.05) is 12.7 Å². The number of aryl methyl sites for hydroxylation is 1. The van der Waals surface area contributed by atoms with Crippen molar-refractivity contribution in [3.63, 3.8) is 0 Å². The Hall–Kier alpha value is -1.95. The van der Waals surface area contributed by atoms with Gasteiger partial charge in [0.05, 0.1) is 18.8 Å². The highest BCUT2D eigenvalue weighted by atomic mass is 16.4. The molecule has 0 radical (unpaired) electrons. The molecule has 6 nitrogen and oxygen atoms in total. The molecule has 0 aliphatic heterocycles. The maximum atomic E-state index is 5.41. The number of rotatable bonds is 4. The summed E-state index contributed by atoms with van der Waals surface area (Å²) in [4.78, 5) is 6.25. The molecule has 2 aromatic rings. The lowest BCUT2D eigenvalue weighted by Crippen LogP contribution is -2.17. The molecule has 0 aliphatic rings. The summed E-state index contributed by atoms with van der Waals surface area (Å²) in [6.45, 7) is 2.83. The highest BCUT2D eigenvalue weighted by Gasteiger charge is 2.10. The highest BCUT2D eigenvalue weighted by molar-refractivity contribution is 5.24. The first-order chi connectivity index (χ1) is 8.19. The molecular weight excluding hydrogens is 218 g/mol. The monoisotopic (exact) mass is 233 g/mol. The molecule has 2 aromatic heterocycles. The van der Waals surface area contributed by atoms with E-state index in [4.69, 9.17) is 10.2 Å². The number of aromatic nitrogens is 3. The van der Waals surface area contributed by atoms with Gasteiger partial charge in [-0.3, -0.25) is 4.98 Å². The second-order valence-electron chi connectivity index (χ2n) is 3.81. The van der Waals surface area contributed by atoms with Crippen molar-refractivity contribution in [2.24, 2.45) is 5.73 Å². The van der Waals surface area contributed by atoms with E-state index in [-0.39, 0.29) is 6.54 Å². The molecule has 2 rings (SSSR count). The van der Waals surface area contributed by atoms with Gasteiger partial charge in [0.15, 0.2) is 0 Å². The lowest BCUT2D eigenvalue weighted by molar-refractivity contribution is 0.490. The van der Waals surface area contributed by atoms with Crippen molar-refractivity contribution in [1.82, 2.24) is 15.2 Å². The zero-order valence-corrected chi connectivity index (χ0v) is 9.92. The van der Waals surface area contributed by atoms with Gasteiger partial charge in [-0.25, -0.2) is 0 Å². The molecule has 0 aliphatic carbocycles. The first kappa shape index (κ1) is 11.5. The van der Waals surface area contributed by atoms with Crippen LogP contribution in [0.5, 0.6) is 0 Å². The van der Waals surface area contributed by atoms with Gasteiger partial charge in [-0.15, -0.1) is 5.10 Å². The fourth-order valence-corrected chi connectivity index (χ4v) is 1.48. The van der Waals surface area contributed by atoms with Crippen LogP contribution in [0.3, 0.4) is 0 Å². The first-order valence-electron chi connectivity index (χ1n) is 5.35. The number of hydrogen-bond donors (Lipinski definition) is 1. The summed E-state index contributed by atoms with van der Waals surface area (Å²) < 4.78 is 5.35. The van der Waals surface area contributed by atoms with Crippen molar-refractivity contribution in [3.8, 4) is 0 Å². The minimum absolute atomic E-state index is 0.254. The Morgan fingerprint density at radius 1 is 1.35 bits per heavy atom. The molecule has 90 valence electrons. The first-order valence-corrected chi connectivity index (χ1v) is 5.35. The maximum Gasteiger partial charge on any atom is 0.318 e. The number of nitrogens with zero attached hydrogens (tertiary/aromatic N) is 4. The third-order valence-electron chi connectivity index (χ3n) is 2.30. The largest absolute Gasteiger partial charge is 0.407 e. The minimum atomic E-state index is 0.254. The summed E-state index contributed by atoms with van der Waals surface area (Å²) in [5.74, 6) is 0.434. The van der Waals surface area contributed by atoms with E-state index in [2.05, 4.69) is 15.2 Å². The van der Waals surface area contributed by atoms with E-state index in [1.54, 1.807) is 0 Å². The van der Waals surface area contributed by atoms with E-state index in [0.717, 1.165) is 11.4 Å². The van der Waals surface area contributed by atoms with Crippen LogP contribution in [-0.2, 0) is 13.1 Å². The number of anilines is 1. The van der Waals surface area contributed by atoms with Crippen molar-refractivity contribution < 1.29 is 4.42 Å². The fourth-order valence-electron chi connectivity index (χ4n) is 1.48. The van der Waals surface area contributed by atoms with Gasteiger partial charge < -0.3 is 15.1 Å². The molecule has 0 bridgehead atoms. The van der Waals surface area contributed by atoms with Gasteiger partial charge >= 0.3 is 6.01 Å². The zero-order valence-electron chi connectivity index (χ0n) is 9.92. The van der Waals surface area contributed by atoms with Crippen LogP contribution in [0.25, 0.3) is 0 Å². The van der Waals surface area contributed by atoms with Crippen molar-refractivity contribution in [3.05, 3.63) is 35.5 Å². The van der Waals surface area contributed by atoms with E-state index >= 15 is 0 Å². The van der Waals surface area contributed by atoms with E-state index in [9.17, 15) is 0 Å². The third-order valence-corrected chi connectivity index (χ3v) is 2.30. The van der Waals surface area contributed by atoms with Crippen LogP contribution in [0.4, 0.5) is 6.01 Å². The predicted octanol–water partition coefficient (Wildman–Crippen LogP) is 0.868. The van der Waals surface area contributed by atoms with Gasteiger partial charge in [0.1, 0.15) is 0 Å². The van der Waals surface area contributed by atoms with Gasteiger partial charge in [0.2, 0.25) is 5.89 Å². The normalized spacial score (nSPS) is 10.5. The van der Waals surface area contributed by atoms with Crippen LogP contribution in [-0.4, -0.2) is 22.2 Å². The van der Waals surface area contributed by atoms with Crippen molar-refractivity contribution in [1.29, 1.82) is 0 Å². The van der Waals surface area contributed by atoms with E-state index < -0.39 is 0 Å². The summed E-state index contributed by atoms with van der Waals surface area (Å²) in [6.07, 6.45) is 0. The summed E-state index contributed by atoms with van der Waals surface area (Å²) in [7, 11) is 1.87. The smallest absolute Gasteiger partial charge is 0.318 e. The van der Waals surface area contributed by atoms with Crippen LogP contribution in [0.2, 0.25) is 0 Å². The van der Waals surface area contributed by atoms with Crippen LogP contribution >= 0.6 is 0 Å². The van der Waals surface area contributed by atoms with Gasteiger partial charge in [-0.05, 0) is 19.1 Å². The fraction of sp³-hybridized carbons (Fsp3) is 0.364. The molecule has 0 saturated carbocycles. The Balaban J connectivity index is 2.08. The molecule has 6 heteroatoms. The lowest BCUT2D eigenvalue weighted by atomic mass is 10.3. The maximum absolute atomic E-state index is 5.41. The van der Waals surface area contributed by atoms with Crippen LogP contribution in [0, 0.1) is 6.92 Å². The van der Waals surface area contributed by atoms with Crippen molar-refractivity contribution in [2.45, 2.75) is 20.0 Å². The topological polar surface area (TPSA) is 81.1 Å². The molecule has 0 aromatic carbocycles. The Morgan fingerprint density at radius 3 is 2.82 bits per heavy atom. The van der Waals surface area contributed by atoms with Crippen LogP contribution in [0.15, 0.2) is 22.6 Å². The average molecular weight is 233 g/mol. The molecule has 0 atom stereocenters. The molecule has 2 N–H and O–H groups in total. The number of hydrogen-bond acceptors (Lipinski definition) is 6. The molecule has 0 fully saturated rings. The highest BCUT2D eigenvalue weighted by Crippen LogP contribution is 2.12. The Bertz CT molecular complexity index is 496. The predicted molar refractivity (Wildman–Crippen MR) is 63.3 cm³/mol. The Labute approximate surface area is 99.5 Å². The standard InChI is InChI=1S/C11H15N5O/c1-8-4-3-5-9(13-8)7-16(2)11-15-14-10(6-12)17-11/h3-5H,6-7,12H2,1-2H3. The summed E-state index contributed by atoms with van der Waals surface area (Å²) in [6, 6.07) is 6.35. The quantitative estimate of drug-likeness (QED) is 0.843. The van der Waals surface area contributed by atoms with E-state index in [0.29, 0.717) is 18.5 Å². The van der Waals surface area contributed by atoms with Crippen LogP contribution < -0.4 is 10.6 Å². The molecule has 0 saturated heterocycles. The SMILES string of the molecule is Cc1cccc(CN(C)c2nnc(CN)o2)n1. The van der Waals surface area contributed by atoms with E-state index in [1.807, 2.05) is 37.1 Å². The van der Waals surface area contributed by atoms with E-state index in [1.165, 1.54) is 0 Å². The van der Waals surface area contributed by atoms with Crippen molar-refractivity contribution in [2.75, 3.05) is 11.9 Å². The van der Waals surface area contributed by atoms with Crippen molar-refractivity contribution >= 4 is 6.01 Å². The zero-order chi connectivity index (χ0) is 12.3. The minimum Gasteiger partial charge on any atom is -0.407 e. The average Bonchev–Trinajstić information content (AvgIpc) is 2.77. The molecular formula is C11H15N5O. The molecule has 2 heterocycles. The molecule has 0 amide bonds. The number of nitrogens with two attached hydrogens (primary N) is 1. The van der Waals surface area contributed by atoms with Gasteiger partial charge in [-0.2, -0.15) is 0 Å². The summed E-state index contributed by atoms with van der Waals surface area (Å²) >= 11 is 0. The second kappa shape index (κ2) is 4.92. The molecule has 0 unspecified atom stereocenters. The molecule has 17 heavy (non-hydrogen) atoms. The summed E-state index contributed by atoms with van der Waals surface area (Å²) in [5.41, 5.74) is 7.36. The number of pyridine rings is 1. The Kier molecular flexibility index (Phi) is 3.34. The third kappa shape index (κ3) is 2.79. The second-order valence-corrected chi connectivity index (χ2v) is 3.81. The van der Waals surface area contributed by atoms with Crippen LogP contribution in [0.1, 0.15) is 17.3 Å².